The lowest BCUT2D eigenvalue weighted by Gasteiger charge is -2.14. The molecule has 2 aromatic heterocycles. The fourth-order valence-electron chi connectivity index (χ4n) is 1.95. The van der Waals surface area contributed by atoms with Gasteiger partial charge in [0.2, 0.25) is 0 Å². The van der Waals surface area contributed by atoms with Crippen LogP contribution in [-0.4, -0.2) is 29.8 Å². The van der Waals surface area contributed by atoms with Crippen molar-refractivity contribution in [1.82, 2.24) is 15.8 Å². The van der Waals surface area contributed by atoms with E-state index in [4.69, 9.17) is 16.1 Å². The number of rotatable bonds is 5. The van der Waals surface area contributed by atoms with E-state index in [0.717, 1.165) is 21.9 Å². The van der Waals surface area contributed by atoms with Gasteiger partial charge < -0.3 is 20.3 Å². The number of nitrogens with one attached hydrogen (secondary N) is 2. The van der Waals surface area contributed by atoms with E-state index in [1.807, 2.05) is 19.9 Å². The molecule has 1 unspecified atom stereocenters. The topological polar surface area (TPSA) is 82.7 Å². The van der Waals surface area contributed by atoms with Crippen LogP contribution in [0, 0.1) is 13.8 Å². The Balaban J connectivity index is 0.00000264. The Labute approximate surface area is 161 Å². The highest BCUT2D eigenvalue weighted by Gasteiger charge is 2.12. The van der Waals surface area contributed by atoms with E-state index in [2.05, 4.69) is 20.8 Å². The number of aromatic nitrogens is 1. The number of halogens is 2. The number of nitrogens with zero attached hydrogens (tertiary/aromatic N) is 2. The van der Waals surface area contributed by atoms with Gasteiger partial charge in [0, 0.05) is 30.6 Å². The first-order valence-electron chi connectivity index (χ1n) is 6.80. The Morgan fingerprint density at radius 3 is 2.70 bits per heavy atom. The van der Waals surface area contributed by atoms with Gasteiger partial charge >= 0.3 is 0 Å². The standard InChI is InChI=1S/C14H19ClN4O2S.HI/c1-8-10(9(2)21-19-8)6-17-14(16-3)18-7-11(20)12-4-5-13(15)22-12;/h4-5,11,20H,6-7H2,1-3H3,(H2,16,17,18);1H. The van der Waals surface area contributed by atoms with Gasteiger partial charge in [0.05, 0.1) is 10.0 Å². The summed E-state index contributed by atoms with van der Waals surface area (Å²) in [5.41, 5.74) is 1.86. The molecule has 9 heteroatoms. The predicted octanol–water partition coefficient (Wildman–Crippen LogP) is 3.02. The molecule has 1 atom stereocenters. The highest BCUT2D eigenvalue weighted by Crippen LogP contribution is 2.26. The maximum atomic E-state index is 10.1. The molecule has 0 aliphatic carbocycles. The van der Waals surface area contributed by atoms with Crippen LogP contribution in [0.4, 0.5) is 0 Å². The highest BCUT2D eigenvalue weighted by atomic mass is 127. The molecule has 2 rings (SSSR count). The minimum atomic E-state index is -0.630. The Hall–Kier alpha value is -0.840. The lowest BCUT2D eigenvalue weighted by atomic mass is 10.2. The number of hydrogen-bond acceptors (Lipinski definition) is 5. The first kappa shape index (κ1) is 20.2. The third-order valence-electron chi connectivity index (χ3n) is 3.22. The molecular weight excluding hydrogens is 451 g/mol. The second kappa shape index (κ2) is 9.45. The van der Waals surface area contributed by atoms with Crippen molar-refractivity contribution >= 4 is 52.9 Å². The normalized spacial score (nSPS) is 12.7. The second-order valence-corrected chi connectivity index (χ2v) is 6.51. The van der Waals surface area contributed by atoms with Crippen LogP contribution in [0.25, 0.3) is 0 Å². The Bertz CT molecular complexity index is 639. The third kappa shape index (κ3) is 5.63. The van der Waals surface area contributed by atoms with Crippen molar-refractivity contribution < 1.29 is 9.63 Å². The fraction of sp³-hybridized carbons (Fsp3) is 0.429. The van der Waals surface area contributed by atoms with Crippen molar-refractivity contribution in [3.8, 4) is 0 Å². The summed E-state index contributed by atoms with van der Waals surface area (Å²) in [6, 6.07) is 3.59. The van der Waals surface area contributed by atoms with Gasteiger partial charge in [-0.15, -0.1) is 35.3 Å². The SMILES string of the molecule is CN=C(NCc1c(C)noc1C)NCC(O)c1ccc(Cl)s1.I. The van der Waals surface area contributed by atoms with Crippen LogP contribution in [0.2, 0.25) is 4.34 Å². The summed E-state index contributed by atoms with van der Waals surface area (Å²) < 4.78 is 5.78. The molecule has 23 heavy (non-hydrogen) atoms. The molecule has 128 valence electrons. The molecule has 3 N–H and O–H groups in total. The summed E-state index contributed by atoms with van der Waals surface area (Å²) in [5, 5.41) is 20.3. The van der Waals surface area contributed by atoms with Crippen molar-refractivity contribution in [2.75, 3.05) is 13.6 Å². The highest BCUT2D eigenvalue weighted by molar-refractivity contribution is 14.0. The number of thiophene rings is 1. The Kier molecular flexibility index (Phi) is 8.31. The second-order valence-electron chi connectivity index (χ2n) is 4.77. The van der Waals surface area contributed by atoms with Crippen LogP contribution in [0.5, 0.6) is 0 Å². The molecule has 2 heterocycles. The summed E-state index contributed by atoms with van der Waals surface area (Å²) in [7, 11) is 1.68. The van der Waals surface area contributed by atoms with Crippen molar-refractivity contribution in [2.45, 2.75) is 26.5 Å². The first-order chi connectivity index (χ1) is 10.5. The summed E-state index contributed by atoms with van der Waals surface area (Å²) in [5.74, 6) is 1.38. The molecule has 0 aliphatic rings. The minimum Gasteiger partial charge on any atom is -0.386 e. The summed E-state index contributed by atoms with van der Waals surface area (Å²) in [6.45, 7) is 4.67. The van der Waals surface area contributed by atoms with E-state index in [9.17, 15) is 5.11 Å². The van der Waals surface area contributed by atoms with Crippen LogP contribution in [-0.2, 0) is 6.54 Å². The molecule has 0 fully saturated rings. The fourth-order valence-corrected chi connectivity index (χ4v) is 3.00. The van der Waals surface area contributed by atoms with E-state index in [1.165, 1.54) is 11.3 Å². The van der Waals surface area contributed by atoms with Crippen molar-refractivity contribution in [1.29, 1.82) is 0 Å². The van der Waals surface area contributed by atoms with E-state index in [-0.39, 0.29) is 24.0 Å². The Morgan fingerprint density at radius 2 is 2.17 bits per heavy atom. The number of aliphatic hydroxyl groups excluding tert-OH is 1. The van der Waals surface area contributed by atoms with Crippen LogP contribution < -0.4 is 10.6 Å². The van der Waals surface area contributed by atoms with E-state index in [0.29, 0.717) is 23.4 Å². The maximum absolute atomic E-state index is 10.1. The zero-order valence-electron chi connectivity index (χ0n) is 13.1. The van der Waals surface area contributed by atoms with E-state index >= 15 is 0 Å². The van der Waals surface area contributed by atoms with Crippen LogP contribution in [0.3, 0.4) is 0 Å². The van der Waals surface area contributed by atoms with Gasteiger partial charge in [-0.25, -0.2) is 0 Å². The lowest BCUT2D eigenvalue weighted by Crippen LogP contribution is -2.39. The zero-order valence-corrected chi connectivity index (χ0v) is 17.0. The summed E-state index contributed by atoms with van der Waals surface area (Å²) in [6.07, 6.45) is -0.630. The molecule has 2 aromatic rings. The summed E-state index contributed by atoms with van der Waals surface area (Å²) >= 11 is 7.23. The third-order valence-corrected chi connectivity index (χ3v) is 4.56. The van der Waals surface area contributed by atoms with Crippen molar-refractivity contribution in [2.24, 2.45) is 4.99 Å². The van der Waals surface area contributed by atoms with Gasteiger partial charge in [-0.3, -0.25) is 4.99 Å². The number of guanidine groups is 1. The van der Waals surface area contributed by atoms with Gasteiger partial charge in [-0.1, -0.05) is 16.8 Å². The molecule has 0 aliphatic heterocycles. The van der Waals surface area contributed by atoms with Crippen molar-refractivity contribution in [3.63, 3.8) is 0 Å². The molecular formula is C14H20ClIN4O2S. The number of hydrogen-bond donors (Lipinski definition) is 3. The number of aliphatic imine (C=N–C) groups is 1. The first-order valence-corrected chi connectivity index (χ1v) is 8.00. The quantitative estimate of drug-likeness (QED) is 0.355. The zero-order chi connectivity index (χ0) is 16.1. The van der Waals surface area contributed by atoms with Crippen LogP contribution >= 0.6 is 46.9 Å². The monoisotopic (exact) mass is 470 g/mol. The van der Waals surface area contributed by atoms with Crippen LogP contribution in [0.1, 0.15) is 28.0 Å². The molecule has 0 saturated heterocycles. The number of aryl methyl sites for hydroxylation is 2. The lowest BCUT2D eigenvalue weighted by molar-refractivity contribution is 0.184. The van der Waals surface area contributed by atoms with Gasteiger partial charge in [0.1, 0.15) is 11.9 Å². The largest absolute Gasteiger partial charge is 0.386 e. The van der Waals surface area contributed by atoms with E-state index in [1.54, 1.807) is 13.1 Å². The van der Waals surface area contributed by atoms with Gasteiger partial charge in [0.25, 0.3) is 0 Å². The summed E-state index contributed by atoms with van der Waals surface area (Å²) in [4.78, 5) is 4.95. The molecule has 0 bridgehead atoms. The van der Waals surface area contributed by atoms with Crippen LogP contribution in [0.15, 0.2) is 21.6 Å². The molecule has 0 aromatic carbocycles. The molecule has 0 radical (unpaired) electrons. The maximum Gasteiger partial charge on any atom is 0.191 e. The molecule has 6 nitrogen and oxygen atoms in total. The minimum absolute atomic E-state index is 0. The van der Waals surface area contributed by atoms with Gasteiger partial charge in [0.15, 0.2) is 5.96 Å². The predicted molar refractivity (Wildman–Crippen MR) is 104 cm³/mol. The smallest absolute Gasteiger partial charge is 0.191 e. The Morgan fingerprint density at radius 1 is 1.43 bits per heavy atom. The molecule has 0 spiro atoms. The average molecular weight is 471 g/mol. The molecule has 0 amide bonds. The average Bonchev–Trinajstić information content (AvgIpc) is 3.06. The molecule has 0 saturated carbocycles. The van der Waals surface area contributed by atoms with Gasteiger partial charge in [-0.05, 0) is 26.0 Å². The van der Waals surface area contributed by atoms with Gasteiger partial charge in [-0.2, -0.15) is 0 Å². The van der Waals surface area contributed by atoms with Crippen molar-refractivity contribution in [3.05, 3.63) is 38.4 Å². The number of aliphatic hydroxyl groups is 1. The van der Waals surface area contributed by atoms with E-state index < -0.39 is 6.10 Å².